The lowest BCUT2D eigenvalue weighted by Crippen LogP contribution is -2.38. The lowest BCUT2D eigenvalue weighted by atomic mass is 9.90. The van der Waals surface area contributed by atoms with E-state index in [1.54, 1.807) is 0 Å². The van der Waals surface area contributed by atoms with Gasteiger partial charge in [-0.3, -0.25) is 9.48 Å². The number of unbranched alkanes of at least 4 members (excludes halogenated alkanes) is 1. The normalized spacial score (nSPS) is 20.2. The largest absolute Gasteiger partial charge is 0.337 e. The third-order valence-corrected chi connectivity index (χ3v) is 5.94. The summed E-state index contributed by atoms with van der Waals surface area (Å²) in [5.41, 5.74) is 3.31. The second kappa shape index (κ2) is 8.55. The van der Waals surface area contributed by atoms with E-state index in [4.69, 9.17) is 5.10 Å². The summed E-state index contributed by atoms with van der Waals surface area (Å²) < 4.78 is 2.14. The predicted molar refractivity (Wildman–Crippen MR) is 106 cm³/mol. The van der Waals surface area contributed by atoms with Gasteiger partial charge in [-0.05, 0) is 58.0 Å². The minimum Gasteiger partial charge on any atom is -0.337 e. The minimum atomic E-state index is 0.165. The Kier molecular flexibility index (Phi) is 6.38. The second-order valence-corrected chi connectivity index (χ2v) is 8.58. The van der Waals surface area contributed by atoms with Gasteiger partial charge < -0.3 is 9.80 Å². The number of amides is 1. The van der Waals surface area contributed by atoms with Crippen molar-refractivity contribution in [3.05, 3.63) is 17.0 Å². The van der Waals surface area contributed by atoms with Gasteiger partial charge in [0.25, 0.3) is 5.91 Å². The Morgan fingerprint density at radius 3 is 2.69 bits per heavy atom. The second-order valence-electron chi connectivity index (χ2n) is 8.58. The number of fused-ring (bicyclic) bond motifs is 1. The summed E-state index contributed by atoms with van der Waals surface area (Å²) in [5.74, 6) is 0.705. The van der Waals surface area contributed by atoms with Crippen molar-refractivity contribution in [1.29, 1.82) is 0 Å². The van der Waals surface area contributed by atoms with Crippen molar-refractivity contribution < 1.29 is 4.79 Å². The first-order valence-electron chi connectivity index (χ1n) is 10.6. The highest BCUT2D eigenvalue weighted by Crippen LogP contribution is 2.29. The maximum atomic E-state index is 13.1. The number of hydrogen-bond acceptors (Lipinski definition) is 3. The predicted octanol–water partition coefficient (Wildman–Crippen LogP) is 3.36. The standard InChI is InChI=1S/C21H36N4O/c1-5-6-11-23(4)17-9-10-19-18(14-17)20(22-25(19)15-16(2)3)21(26)24-12-7-8-13-24/h16-17H,5-15H2,1-4H3. The molecule has 146 valence electrons. The van der Waals surface area contributed by atoms with Gasteiger partial charge in [-0.25, -0.2) is 0 Å². The zero-order valence-corrected chi connectivity index (χ0v) is 17.1. The zero-order valence-electron chi connectivity index (χ0n) is 17.1. The van der Waals surface area contributed by atoms with Crippen LogP contribution < -0.4 is 0 Å². The lowest BCUT2D eigenvalue weighted by Gasteiger charge is -2.32. The average molecular weight is 361 g/mol. The number of nitrogens with zero attached hydrogens (tertiary/aromatic N) is 4. The average Bonchev–Trinajstić information content (AvgIpc) is 3.27. The highest BCUT2D eigenvalue weighted by atomic mass is 16.2. The summed E-state index contributed by atoms with van der Waals surface area (Å²) in [4.78, 5) is 17.6. The third kappa shape index (κ3) is 4.13. The number of hydrogen-bond donors (Lipinski definition) is 0. The maximum Gasteiger partial charge on any atom is 0.274 e. The number of likely N-dealkylation sites (tertiary alicyclic amines) is 1. The van der Waals surface area contributed by atoms with E-state index in [1.807, 2.05) is 4.90 Å². The number of rotatable bonds is 7. The summed E-state index contributed by atoms with van der Waals surface area (Å²) in [6.45, 7) is 10.5. The summed E-state index contributed by atoms with van der Waals surface area (Å²) >= 11 is 0. The van der Waals surface area contributed by atoms with Gasteiger partial charge in [-0.1, -0.05) is 27.2 Å². The van der Waals surface area contributed by atoms with E-state index in [1.165, 1.54) is 30.5 Å². The number of likely N-dealkylation sites (N-methyl/N-ethyl adjacent to an activating group) is 1. The molecule has 1 aliphatic carbocycles. The van der Waals surface area contributed by atoms with Crippen molar-refractivity contribution in [2.45, 2.75) is 78.3 Å². The van der Waals surface area contributed by atoms with Crippen LogP contribution in [0.1, 0.15) is 74.6 Å². The molecule has 0 saturated carbocycles. The van der Waals surface area contributed by atoms with Gasteiger partial charge >= 0.3 is 0 Å². The molecule has 26 heavy (non-hydrogen) atoms. The molecule has 3 rings (SSSR count). The van der Waals surface area contributed by atoms with Crippen molar-refractivity contribution in [1.82, 2.24) is 19.6 Å². The van der Waals surface area contributed by atoms with E-state index in [-0.39, 0.29) is 5.91 Å². The van der Waals surface area contributed by atoms with Crippen LogP contribution in [0, 0.1) is 5.92 Å². The Bertz CT molecular complexity index is 616. The van der Waals surface area contributed by atoms with Gasteiger partial charge in [-0.15, -0.1) is 0 Å². The number of aromatic nitrogens is 2. The summed E-state index contributed by atoms with van der Waals surface area (Å²) in [6, 6.07) is 0.538. The van der Waals surface area contributed by atoms with Crippen LogP contribution in [0.5, 0.6) is 0 Å². The number of carbonyl (C=O) groups is 1. The van der Waals surface area contributed by atoms with E-state index in [0.29, 0.717) is 12.0 Å². The fraction of sp³-hybridized carbons (Fsp3) is 0.810. The van der Waals surface area contributed by atoms with E-state index in [0.717, 1.165) is 57.6 Å². The van der Waals surface area contributed by atoms with Crippen molar-refractivity contribution in [2.75, 3.05) is 26.7 Å². The first kappa shape index (κ1) is 19.4. The highest BCUT2D eigenvalue weighted by molar-refractivity contribution is 5.94. The van der Waals surface area contributed by atoms with Crippen LogP contribution in [0.4, 0.5) is 0 Å². The Labute approximate surface area is 158 Å². The van der Waals surface area contributed by atoms with Gasteiger partial charge in [0.1, 0.15) is 0 Å². The van der Waals surface area contributed by atoms with Crippen LogP contribution in [0.2, 0.25) is 0 Å². The topological polar surface area (TPSA) is 41.4 Å². The minimum absolute atomic E-state index is 0.165. The molecule has 0 spiro atoms. The molecule has 1 aromatic rings. The monoisotopic (exact) mass is 360 g/mol. The Balaban J connectivity index is 1.85. The van der Waals surface area contributed by atoms with Gasteiger partial charge in [0.2, 0.25) is 0 Å². The molecular weight excluding hydrogens is 324 g/mol. The molecule has 0 bridgehead atoms. The summed E-state index contributed by atoms with van der Waals surface area (Å²) in [5, 5.41) is 4.84. The fourth-order valence-corrected chi connectivity index (χ4v) is 4.37. The first-order valence-corrected chi connectivity index (χ1v) is 10.6. The SMILES string of the molecule is CCCCN(C)C1CCc2c(c(C(=O)N3CCCC3)nn2CC(C)C)C1. The van der Waals surface area contributed by atoms with Crippen molar-refractivity contribution in [3.63, 3.8) is 0 Å². The van der Waals surface area contributed by atoms with Crippen molar-refractivity contribution in [3.8, 4) is 0 Å². The lowest BCUT2D eigenvalue weighted by molar-refractivity contribution is 0.0784. The van der Waals surface area contributed by atoms with Crippen LogP contribution in [0.15, 0.2) is 0 Å². The Morgan fingerprint density at radius 2 is 2.04 bits per heavy atom. The molecule has 0 N–H and O–H groups in total. The molecule has 1 atom stereocenters. The molecular formula is C21H36N4O. The smallest absolute Gasteiger partial charge is 0.274 e. The third-order valence-electron chi connectivity index (χ3n) is 5.94. The van der Waals surface area contributed by atoms with E-state index >= 15 is 0 Å². The highest BCUT2D eigenvalue weighted by Gasteiger charge is 2.33. The van der Waals surface area contributed by atoms with Crippen LogP contribution in [-0.4, -0.2) is 58.2 Å². The molecule has 1 aliphatic heterocycles. The molecule has 2 heterocycles. The maximum absolute atomic E-state index is 13.1. The Morgan fingerprint density at radius 1 is 1.31 bits per heavy atom. The van der Waals surface area contributed by atoms with Crippen LogP contribution in [0.3, 0.4) is 0 Å². The molecule has 5 nitrogen and oxygen atoms in total. The van der Waals surface area contributed by atoms with E-state index < -0.39 is 0 Å². The van der Waals surface area contributed by atoms with E-state index in [9.17, 15) is 4.79 Å². The molecule has 0 radical (unpaired) electrons. The van der Waals surface area contributed by atoms with Gasteiger partial charge in [0.05, 0.1) is 0 Å². The van der Waals surface area contributed by atoms with Crippen LogP contribution in [-0.2, 0) is 19.4 Å². The van der Waals surface area contributed by atoms with Gasteiger partial charge in [0, 0.05) is 36.9 Å². The van der Waals surface area contributed by atoms with Crippen LogP contribution >= 0.6 is 0 Å². The quantitative estimate of drug-likeness (QED) is 0.749. The molecule has 5 heteroatoms. The molecule has 2 aliphatic rings. The van der Waals surface area contributed by atoms with Gasteiger partial charge in [0.15, 0.2) is 5.69 Å². The van der Waals surface area contributed by atoms with Crippen molar-refractivity contribution in [2.24, 2.45) is 5.92 Å². The zero-order chi connectivity index (χ0) is 18.7. The van der Waals surface area contributed by atoms with Gasteiger partial charge in [-0.2, -0.15) is 5.10 Å². The molecule has 1 saturated heterocycles. The molecule has 0 aromatic carbocycles. The molecule has 1 aromatic heterocycles. The van der Waals surface area contributed by atoms with Crippen molar-refractivity contribution >= 4 is 5.91 Å². The number of carbonyl (C=O) groups excluding carboxylic acids is 1. The summed E-state index contributed by atoms with van der Waals surface area (Å²) in [7, 11) is 2.24. The Hall–Kier alpha value is -1.36. The molecule has 1 fully saturated rings. The van der Waals surface area contributed by atoms with E-state index in [2.05, 4.69) is 37.4 Å². The summed E-state index contributed by atoms with van der Waals surface area (Å²) in [6.07, 6.45) is 7.92. The van der Waals surface area contributed by atoms with Crippen LogP contribution in [0.25, 0.3) is 0 Å². The first-order chi connectivity index (χ1) is 12.5. The molecule has 1 unspecified atom stereocenters. The fourth-order valence-electron chi connectivity index (χ4n) is 4.37. The molecule has 1 amide bonds.